The van der Waals surface area contributed by atoms with E-state index >= 15 is 0 Å². The summed E-state index contributed by atoms with van der Waals surface area (Å²) in [7, 11) is 0. The molecule has 0 bridgehead atoms. The van der Waals surface area contributed by atoms with Crippen molar-refractivity contribution in [3.8, 4) is 6.07 Å². The Bertz CT molecular complexity index is 588. The number of thioether (sulfide) groups is 1. The van der Waals surface area contributed by atoms with Crippen molar-refractivity contribution in [2.45, 2.75) is 10.6 Å². The van der Waals surface area contributed by atoms with Crippen LogP contribution in [0.4, 0.5) is 5.69 Å². The van der Waals surface area contributed by atoms with Gasteiger partial charge in [0.05, 0.1) is 11.6 Å². The lowest BCUT2D eigenvalue weighted by Gasteiger charge is -2.06. The molecule has 0 radical (unpaired) electrons. The highest BCUT2D eigenvalue weighted by Gasteiger charge is 2.02. The first-order valence-corrected chi connectivity index (χ1v) is 6.72. The minimum Gasteiger partial charge on any atom is -0.398 e. The fourth-order valence-corrected chi connectivity index (χ4v) is 2.67. The maximum Gasteiger partial charge on any atom is 0.0991 e. The molecule has 0 saturated heterocycles. The topological polar surface area (TPSA) is 49.8 Å². The van der Waals surface area contributed by atoms with Gasteiger partial charge in [-0.05, 0) is 35.9 Å². The van der Waals surface area contributed by atoms with Crippen LogP contribution >= 0.6 is 23.4 Å². The van der Waals surface area contributed by atoms with Crippen molar-refractivity contribution in [3.63, 3.8) is 0 Å². The Kier molecular flexibility index (Phi) is 4.14. The molecule has 90 valence electrons. The smallest absolute Gasteiger partial charge is 0.0991 e. The molecule has 0 atom stereocenters. The van der Waals surface area contributed by atoms with Crippen molar-refractivity contribution in [1.29, 1.82) is 5.26 Å². The van der Waals surface area contributed by atoms with Crippen molar-refractivity contribution in [2.75, 3.05) is 5.73 Å². The fourth-order valence-electron chi connectivity index (χ4n) is 1.47. The SMILES string of the molecule is N#Cc1ccc(CSc2cc(Cl)ccc2N)cc1. The molecule has 2 aromatic carbocycles. The lowest BCUT2D eigenvalue weighted by molar-refractivity contribution is 1.37. The number of hydrogen-bond acceptors (Lipinski definition) is 3. The summed E-state index contributed by atoms with van der Waals surface area (Å²) in [5.74, 6) is 0.802. The van der Waals surface area contributed by atoms with Gasteiger partial charge >= 0.3 is 0 Å². The van der Waals surface area contributed by atoms with Crippen molar-refractivity contribution in [1.82, 2.24) is 0 Å². The average Bonchev–Trinajstić information content (AvgIpc) is 2.40. The summed E-state index contributed by atoms with van der Waals surface area (Å²) >= 11 is 7.57. The van der Waals surface area contributed by atoms with Gasteiger partial charge in [0.25, 0.3) is 0 Å². The van der Waals surface area contributed by atoms with E-state index < -0.39 is 0 Å². The van der Waals surface area contributed by atoms with Crippen molar-refractivity contribution >= 4 is 29.1 Å². The molecule has 2 aromatic rings. The van der Waals surface area contributed by atoms with Crippen molar-refractivity contribution in [2.24, 2.45) is 0 Å². The van der Waals surface area contributed by atoms with Crippen LogP contribution in [0.25, 0.3) is 0 Å². The Hall–Kier alpha value is -1.63. The summed E-state index contributed by atoms with van der Waals surface area (Å²) in [4.78, 5) is 0.979. The number of nitriles is 1. The monoisotopic (exact) mass is 274 g/mol. The number of anilines is 1. The number of rotatable bonds is 3. The summed E-state index contributed by atoms with van der Waals surface area (Å²) in [5.41, 5.74) is 8.43. The second-order valence-electron chi connectivity index (χ2n) is 3.78. The van der Waals surface area contributed by atoms with Crippen LogP contribution in [0.5, 0.6) is 0 Å². The molecule has 0 unspecified atom stereocenters. The summed E-state index contributed by atoms with van der Waals surface area (Å²) < 4.78 is 0. The molecule has 0 fully saturated rings. The minimum absolute atomic E-state index is 0.672. The third-order valence-electron chi connectivity index (χ3n) is 2.45. The Morgan fingerprint density at radius 2 is 1.89 bits per heavy atom. The minimum atomic E-state index is 0.672. The third-order valence-corrected chi connectivity index (χ3v) is 3.83. The quantitative estimate of drug-likeness (QED) is 0.677. The number of benzene rings is 2. The van der Waals surface area contributed by atoms with Gasteiger partial charge < -0.3 is 5.73 Å². The second-order valence-corrected chi connectivity index (χ2v) is 5.23. The van der Waals surface area contributed by atoms with Gasteiger partial charge in [0, 0.05) is 21.4 Å². The zero-order chi connectivity index (χ0) is 13.0. The van der Waals surface area contributed by atoms with Gasteiger partial charge in [-0.2, -0.15) is 5.26 Å². The van der Waals surface area contributed by atoms with E-state index in [1.807, 2.05) is 36.4 Å². The lowest BCUT2D eigenvalue weighted by atomic mass is 10.2. The zero-order valence-corrected chi connectivity index (χ0v) is 11.1. The van der Waals surface area contributed by atoms with Crippen LogP contribution in [0.15, 0.2) is 47.4 Å². The van der Waals surface area contributed by atoms with Crippen LogP contribution in [0.2, 0.25) is 5.02 Å². The van der Waals surface area contributed by atoms with Crippen LogP contribution < -0.4 is 5.73 Å². The van der Waals surface area contributed by atoms with E-state index in [9.17, 15) is 0 Å². The second kappa shape index (κ2) is 5.81. The first-order valence-electron chi connectivity index (χ1n) is 5.36. The van der Waals surface area contributed by atoms with Gasteiger partial charge in [0.1, 0.15) is 0 Å². The van der Waals surface area contributed by atoms with E-state index in [2.05, 4.69) is 6.07 Å². The number of hydrogen-bond donors (Lipinski definition) is 1. The molecule has 0 aliphatic rings. The number of nitrogens with zero attached hydrogens (tertiary/aromatic N) is 1. The van der Waals surface area contributed by atoms with E-state index in [0.29, 0.717) is 10.6 Å². The molecule has 2 N–H and O–H groups in total. The Labute approximate surface area is 115 Å². The first kappa shape index (κ1) is 12.8. The highest BCUT2D eigenvalue weighted by atomic mass is 35.5. The predicted molar refractivity (Wildman–Crippen MR) is 76.6 cm³/mol. The molecule has 2 rings (SSSR count). The summed E-state index contributed by atoms with van der Waals surface area (Å²) in [5, 5.41) is 9.40. The molecule has 0 spiro atoms. The number of nitrogen functional groups attached to an aromatic ring is 1. The zero-order valence-electron chi connectivity index (χ0n) is 9.56. The highest BCUT2D eigenvalue weighted by molar-refractivity contribution is 7.98. The van der Waals surface area contributed by atoms with E-state index in [4.69, 9.17) is 22.6 Å². The molecule has 0 amide bonds. The molecular weight excluding hydrogens is 264 g/mol. The Balaban J connectivity index is 2.07. The molecule has 4 heteroatoms. The van der Waals surface area contributed by atoms with Crippen LogP contribution in [-0.2, 0) is 5.75 Å². The Morgan fingerprint density at radius 3 is 2.56 bits per heavy atom. The number of nitrogens with two attached hydrogens (primary N) is 1. The van der Waals surface area contributed by atoms with Crippen LogP contribution in [-0.4, -0.2) is 0 Å². The van der Waals surface area contributed by atoms with Crippen LogP contribution in [0, 0.1) is 11.3 Å². The predicted octanol–water partition coefficient (Wildman–Crippen LogP) is 4.09. The molecule has 0 aliphatic carbocycles. The Morgan fingerprint density at radius 1 is 1.17 bits per heavy atom. The van der Waals surface area contributed by atoms with Gasteiger partial charge in [-0.15, -0.1) is 11.8 Å². The largest absolute Gasteiger partial charge is 0.398 e. The first-order chi connectivity index (χ1) is 8.69. The molecule has 0 saturated carbocycles. The molecule has 0 aromatic heterocycles. The van der Waals surface area contributed by atoms with Crippen LogP contribution in [0.1, 0.15) is 11.1 Å². The van der Waals surface area contributed by atoms with Gasteiger partial charge in [0.15, 0.2) is 0 Å². The van der Waals surface area contributed by atoms with E-state index in [0.717, 1.165) is 21.9 Å². The van der Waals surface area contributed by atoms with Crippen molar-refractivity contribution < 1.29 is 0 Å². The van der Waals surface area contributed by atoms with E-state index in [-0.39, 0.29) is 0 Å². The summed E-state index contributed by atoms with van der Waals surface area (Å²) in [6.45, 7) is 0. The maximum absolute atomic E-state index is 8.72. The molecule has 2 nitrogen and oxygen atoms in total. The van der Waals surface area contributed by atoms with Crippen LogP contribution in [0.3, 0.4) is 0 Å². The molecular formula is C14H11ClN2S. The number of halogens is 1. The summed E-state index contributed by atoms with van der Waals surface area (Å²) in [6, 6.07) is 15.1. The van der Waals surface area contributed by atoms with Gasteiger partial charge in [-0.3, -0.25) is 0 Å². The normalized spacial score (nSPS) is 10.0. The third kappa shape index (κ3) is 3.19. The maximum atomic E-state index is 8.72. The van der Waals surface area contributed by atoms with E-state index in [1.165, 1.54) is 0 Å². The molecule has 0 heterocycles. The fraction of sp³-hybridized carbons (Fsp3) is 0.0714. The highest BCUT2D eigenvalue weighted by Crippen LogP contribution is 2.30. The van der Waals surface area contributed by atoms with E-state index in [1.54, 1.807) is 17.8 Å². The van der Waals surface area contributed by atoms with Crippen molar-refractivity contribution in [3.05, 3.63) is 58.6 Å². The standard InChI is InChI=1S/C14H11ClN2S/c15-12-5-6-13(17)14(7-12)18-9-11-3-1-10(8-16)2-4-11/h1-7H,9,17H2. The molecule has 0 aliphatic heterocycles. The average molecular weight is 275 g/mol. The van der Waals surface area contributed by atoms with Gasteiger partial charge in [-0.25, -0.2) is 0 Å². The molecule has 18 heavy (non-hydrogen) atoms. The summed E-state index contributed by atoms with van der Waals surface area (Å²) in [6.07, 6.45) is 0. The lowest BCUT2D eigenvalue weighted by Crippen LogP contribution is -1.89. The van der Waals surface area contributed by atoms with Gasteiger partial charge in [-0.1, -0.05) is 23.7 Å². The van der Waals surface area contributed by atoms with Gasteiger partial charge in [0.2, 0.25) is 0 Å².